The van der Waals surface area contributed by atoms with Crippen molar-refractivity contribution in [2.75, 3.05) is 6.26 Å². The Bertz CT molecular complexity index is 420. The van der Waals surface area contributed by atoms with Crippen LogP contribution in [0.1, 0.15) is 15.4 Å². The zero-order chi connectivity index (χ0) is 10.1. The minimum atomic E-state index is -3.11. The van der Waals surface area contributed by atoms with Crippen LogP contribution >= 0.6 is 11.5 Å². The maximum Gasteiger partial charge on any atom is 0.355 e. The quantitative estimate of drug-likeness (QED) is 0.797. The molecule has 1 aromatic heterocycles. The van der Waals surface area contributed by atoms with Crippen molar-refractivity contribution in [1.82, 2.24) is 4.37 Å². The van der Waals surface area contributed by atoms with Crippen molar-refractivity contribution in [3.8, 4) is 0 Å². The van der Waals surface area contributed by atoms with Crippen LogP contribution in [0.2, 0.25) is 0 Å². The number of hydrogen-bond donors (Lipinski definition) is 1. The molecule has 1 aromatic rings. The second-order valence-corrected chi connectivity index (χ2v) is 5.58. The van der Waals surface area contributed by atoms with E-state index in [-0.39, 0.29) is 11.4 Å². The highest BCUT2D eigenvalue weighted by Gasteiger charge is 2.12. The molecule has 7 heteroatoms. The van der Waals surface area contributed by atoms with Gasteiger partial charge in [0.1, 0.15) is 0 Å². The molecule has 0 amide bonds. The highest BCUT2D eigenvalue weighted by atomic mass is 32.2. The number of aromatic carboxylic acids is 1. The lowest BCUT2D eigenvalue weighted by Crippen LogP contribution is -1.99. The van der Waals surface area contributed by atoms with Crippen molar-refractivity contribution in [3.63, 3.8) is 0 Å². The van der Waals surface area contributed by atoms with Crippen molar-refractivity contribution < 1.29 is 18.3 Å². The largest absolute Gasteiger partial charge is 0.476 e. The van der Waals surface area contributed by atoms with Gasteiger partial charge in [-0.05, 0) is 17.6 Å². The van der Waals surface area contributed by atoms with Gasteiger partial charge in [0.15, 0.2) is 15.5 Å². The van der Waals surface area contributed by atoms with E-state index in [1.165, 1.54) is 6.07 Å². The third-order valence-corrected chi connectivity index (χ3v) is 2.99. The molecule has 0 atom stereocenters. The van der Waals surface area contributed by atoms with Crippen LogP contribution in [0.3, 0.4) is 0 Å². The third-order valence-electron chi connectivity index (χ3n) is 1.18. The van der Waals surface area contributed by atoms with Crippen LogP contribution in [0.4, 0.5) is 0 Å². The fourth-order valence-electron chi connectivity index (χ4n) is 0.740. The summed E-state index contributed by atoms with van der Waals surface area (Å²) in [7, 11) is -3.11. The Kier molecular flexibility index (Phi) is 2.67. The number of rotatable bonds is 3. The lowest BCUT2D eigenvalue weighted by Gasteiger charge is -1.90. The molecule has 0 saturated heterocycles. The zero-order valence-electron chi connectivity index (χ0n) is 6.72. The highest BCUT2D eigenvalue weighted by molar-refractivity contribution is 7.90. The Hall–Kier alpha value is -0.950. The molecule has 0 aliphatic carbocycles. The molecule has 0 radical (unpaired) electrons. The average molecular weight is 221 g/mol. The van der Waals surface area contributed by atoms with Crippen LogP contribution < -0.4 is 0 Å². The monoisotopic (exact) mass is 221 g/mol. The van der Waals surface area contributed by atoms with E-state index in [0.717, 1.165) is 17.8 Å². The first-order chi connectivity index (χ1) is 5.88. The predicted octanol–water partition coefficient (Wildman–Crippen LogP) is 0.386. The van der Waals surface area contributed by atoms with Crippen molar-refractivity contribution in [1.29, 1.82) is 0 Å². The van der Waals surface area contributed by atoms with Gasteiger partial charge in [0, 0.05) is 11.1 Å². The summed E-state index contributed by atoms with van der Waals surface area (Å²) in [6, 6.07) is 1.27. The van der Waals surface area contributed by atoms with Gasteiger partial charge in [-0.25, -0.2) is 13.2 Å². The van der Waals surface area contributed by atoms with Gasteiger partial charge in [-0.2, -0.15) is 4.37 Å². The number of aromatic nitrogens is 1. The summed E-state index contributed by atoms with van der Waals surface area (Å²) >= 11 is 0.895. The number of carbonyl (C=O) groups is 1. The van der Waals surface area contributed by atoms with Crippen molar-refractivity contribution in [2.45, 2.75) is 5.75 Å². The summed E-state index contributed by atoms with van der Waals surface area (Å²) in [5.41, 5.74) is -0.108. The van der Waals surface area contributed by atoms with Gasteiger partial charge in [0.25, 0.3) is 0 Å². The van der Waals surface area contributed by atoms with E-state index in [9.17, 15) is 13.2 Å². The van der Waals surface area contributed by atoms with Gasteiger partial charge in [0.2, 0.25) is 0 Å². The van der Waals surface area contributed by atoms with Crippen LogP contribution in [0.5, 0.6) is 0 Å². The lowest BCUT2D eigenvalue weighted by molar-refractivity contribution is 0.0692. The van der Waals surface area contributed by atoms with Crippen LogP contribution in [0.15, 0.2) is 6.07 Å². The molecular formula is C6H7NO4S2. The lowest BCUT2D eigenvalue weighted by atomic mass is 10.4. The van der Waals surface area contributed by atoms with Crippen LogP contribution in [0, 0.1) is 0 Å². The summed E-state index contributed by atoms with van der Waals surface area (Å²) in [6.07, 6.45) is 1.09. The van der Waals surface area contributed by atoms with Gasteiger partial charge >= 0.3 is 5.97 Å². The SMILES string of the molecule is CS(=O)(=O)Cc1cc(C(=O)O)ns1. The maximum atomic E-state index is 10.8. The summed E-state index contributed by atoms with van der Waals surface area (Å²) in [5.74, 6) is -1.30. The van der Waals surface area contributed by atoms with E-state index >= 15 is 0 Å². The van der Waals surface area contributed by atoms with E-state index in [1.807, 2.05) is 0 Å². The third kappa shape index (κ3) is 3.11. The molecule has 5 nitrogen and oxygen atoms in total. The van der Waals surface area contributed by atoms with Gasteiger partial charge in [-0.1, -0.05) is 0 Å². The molecule has 0 aromatic carbocycles. The standard InChI is InChI=1S/C6H7NO4S2/c1-13(10,11)3-4-2-5(6(8)9)7-12-4/h2H,3H2,1H3,(H,8,9). The topological polar surface area (TPSA) is 84.3 Å². The maximum absolute atomic E-state index is 10.8. The summed E-state index contributed by atoms with van der Waals surface area (Å²) in [4.78, 5) is 10.8. The van der Waals surface area contributed by atoms with Crippen LogP contribution in [0.25, 0.3) is 0 Å². The first-order valence-electron chi connectivity index (χ1n) is 3.25. The second-order valence-electron chi connectivity index (χ2n) is 2.55. The minimum absolute atomic E-state index is 0.108. The molecule has 13 heavy (non-hydrogen) atoms. The minimum Gasteiger partial charge on any atom is -0.476 e. The van der Waals surface area contributed by atoms with Crippen LogP contribution in [-0.4, -0.2) is 30.1 Å². The van der Waals surface area contributed by atoms with Gasteiger partial charge in [-0.15, -0.1) is 0 Å². The van der Waals surface area contributed by atoms with Crippen molar-refractivity contribution in [2.24, 2.45) is 0 Å². The molecule has 0 saturated carbocycles. The molecule has 1 heterocycles. The Morgan fingerprint density at radius 3 is 2.69 bits per heavy atom. The predicted molar refractivity (Wildman–Crippen MR) is 47.6 cm³/mol. The molecule has 0 unspecified atom stereocenters. The van der Waals surface area contributed by atoms with E-state index in [4.69, 9.17) is 5.11 Å². The Labute approximate surface area is 79.1 Å². The molecule has 1 rings (SSSR count). The molecular weight excluding hydrogens is 214 g/mol. The zero-order valence-corrected chi connectivity index (χ0v) is 8.35. The number of hydrogen-bond acceptors (Lipinski definition) is 5. The molecule has 72 valence electrons. The molecule has 0 aliphatic rings. The number of carboxylic acid groups (broad SMARTS) is 1. The fraction of sp³-hybridized carbons (Fsp3) is 0.333. The average Bonchev–Trinajstić information content (AvgIpc) is 2.31. The van der Waals surface area contributed by atoms with Crippen molar-refractivity contribution >= 4 is 27.3 Å². The Morgan fingerprint density at radius 2 is 2.31 bits per heavy atom. The second kappa shape index (κ2) is 3.43. The molecule has 0 aliphatic heterocycles. The van der Waals surface area contributed by atoms with E-state index in [1.54, 1.807) is 0 Å². The van der Waals surface area contributed by atoms with E-state index < -0.39 is 15.8 Å². The molecule has 0 fully saturated rings. The van der Waals surface area contributed by atoms with Gasteiger partial charge < -0.3 is 5.11 Å². The van der Waals surface area contributed by atoms with E-state index in [2.05, 4.69) is 4.37 Å². The molecule has 1 N–H and O–H groups in total. The Balaban J connectivity index is 2.87. The van der Waals surface area contributed by atoms with Gasteiger partial charge in [0.05, 0.1) is 5.75 Å². The summed E-state index contributed by atoms with van der Waals surface area (Å²) in [6.45, 7) is 0. The Morgan fingerprint density at radius 1 is 1.69 bits per heavy atom. The summed E-state index contributed by atoms with van der Waals surface area (Å²) in [5, 5.41) is 8.49. The smallest absolute Gasteiger partial charge is 0.355 e. The molecule has 0 bridgehead atoms. The summed E-state index contributed by atoms with van der Waals surface area (Å²) < 4.78 is 25.2. The van der Waals surface area contributed by atoms with E-state index in [0.29, 0.717) is 4.88 Å². The molecule has 0 spiro atoms. The van der Waals surface area contributed by atoms with Crippen molar-refractivity contribution in [3.05, 3.63) is 16.6 Å². The number of sulfone groups is 1. The number of nitrogens with zero attached hydrogens (tertiary/aromatic N) is 1. The highest BCUT2D eigenvalue weighted by Crippen LogP contribution is 2.12. The number of carboxylic acids is 1. The first kappa shape index (κ1) is 10.1. The van der Waals surface area contributed by atoms with Gasteiger partial charge in [-0.3, -0.25) is 0 Å². The first-order valence-corrected chi connectivity index (χ1v) is 6.08. The normalized spacial score (nSPS) is 11.5. The fourth-order valence-corrected chi connectivity index (χ4v) is 2.70. The van der Waals surface area contributed by atoms with Crippen LogP contribution in [-0.2, 0) is 15.6 Å².